The predicted octanol–water partition coefficient (Wildman–Crippen LogP) is 4.62. The molecule has 0 bridgehead atoms. The molecule has 0 aromatic heterocycles. The molecule has 100 valence electrons. The Hall–Kier alpha value is -0.120. The smallest absolute Gasteiger partial charge is 0.141 e. The third-order valence-electron chi connectivity index (χ3n) is 3.54. The maximum atomic E-state index is 13.1. The number of benzene rings is 1. The summed E-state index contributed by atoms with van der Waals surface area (Å²) in [6, 6.07) is 5.74. The van der Waals surface area contributed by atoms with Crippen molar-refractivity contribution in [3.8, 4) is 0 Å². The molecular formula is C14H18BrClFN. The van der Waals surface area contributed by atoms with Crippen molar-refractivity contribution in [2.75, 3.05) is 11.9 Å². The number of rotatable bonds is 6. The van der Waals surface area contributed by atoms with Crippen molar-refractivity contribution in [1.29, 1.82) is 0 Å². The first-order valence-electron chi connectivity index (χ1n) is 6.44. The van der Waals surface area contributed by atoms with Gasteiger partial charge in [0.15, 0.2) is 0 Å². The van der Waals surface area contributed by atoms with Gasteiger partial charge in [-0.25, -0.2) is 4.39 Å². The van der Waals surface area contributed by atoms with Crippen LogP contribution < -0.4 is 0 Å². The summed E-state index contributed by atoms with van der Waals surface area (Å²) in [5, 5.41) is 1.25. The van der Waals surface area contributed by atoms with Gasteiger partial charge in [0, 0.05) is 17.9 Å². The van der Waals surface area contributed by atoms with Crippen LogP contribution in [0.5, 0.6) is 0 Å². The average molecular weight is 335 g/mol. The highest BCUT2D eigenvalue weighted by Crippen LogP contribution is 2.27. The first kappa shape index (κ1) is 14.3. The molecule has 0 saturated heterocycles. The Morgan fingerprint density at radius 2 is 2.17 bits per heavy atom. The zero-order valence-corrected chi connectivity index (χ0v) is 12.7. The van der Waals surface area contributed by atoms with E-state index in [1.54, 1.807) is 6.07 Å². The van der Waals surface area contributed by atoms with Crippen LogP contribution >= 0.6 is 27.5 Å². The van der Waals surface area contributed by atoms with Crippen LogP contribution in [0.15, 0.2) is 18.2 Å². The fraction of sp³-hybridized carbons (Fsp3) is 0.571. The number of halogens is 3. The molecule has 0 N–H and O–H groups in total. The van der Waals surface area contributed by atoms with Crippen molar-refractivity contribution >= 4 is 27.5 Å². The van der Waals surface area contributed by atoms with Crippen LogP contribution in [0.1, 0.15) is 31.2 Å². The first-order valence-corrected chi connectivity index (χ1v) is 7.94. The van der Waals surface area contributed by atoms with Crippen LogP contribution in [0.2, 0.25) is 5.02 Å². The monoisotopic (exact) mass is 333 g/mol. The van der Waals surface area contributed by atoms with Gasteiger partial charge in [-0.2, -0.15) is 0 Å². The maximum absolute atomic E-state index is 13.1. The minimum Gasteiger partial charge on any atom is -0.296 e. The molecule has 1 aromatic carbocycles. The number of hydrogen-bond donors (Lipinski definition) is 0. The van der Waals surface area contributed by atoms with Crippen LogP contribution in [0.25, 0.3) is 0 Å². The van der Waals surface area contributed by atoms with E-state index in [0.29, 0.717) is 6.04 Å². The molecule has 0 spiro atoms. The van der Waals surface area contributed by atoms with Crippen molar-refractivity contribution in [3.63, 3.8) is 0 Å². The lowest BCUT2D eigenvalue weighted by molar-refractivity contribution is 0.120. The molecule has 1 saturated carbocycles. The molecule has 18 heavy (non-hydrogen) atoms. The summed E-state index contributed by atoms with van der Waals surface area (Å²) in [5.41, 5.74) is 1.10. The van der Waals surface area contributed by atoms with Crippen molar-refractivity contribution in [2.45, 2.75) is 38.3 Å². The summed E-state index contributed by atoms with van der Waals surface area (Å²) in [7, 11) is 0. The van der Waals surface area contributed by atoms with E-state index in [9.17, 15) is 4.39 Å². The van der Waals surface area contributed by atoms with Gasteiger partial charge in [-0.3, -0.25) is 4.90 Å². The molecule has 1 fully saturated rings. The van der Waals surface area contributed by atoms with Gasteiger partial charge in [0.2, 0.25) is 0 Å². The van der Waals surface area contributed by atoms with E-state index in [1.807, 2.05) is 6.07 Å². The Balaban J connectivity index is 1.99. The Labute approximate surface area is 121 Å². The molecule has 0 amide bonds. The Kier molecular flexibility index (Phi) is 5.46. The standard InChI is InChI=1S/C14H18BrClFN/c15-7-2-8-18(12-3-1-4-12)10-11-5-6-14(17)13(16)9-11/h5-6,9,12H,1-4,7-8,10H2. The third kappa shape index (κ3) is 3.69. The number of hydrogen-bond acceptors (Lipinski definition) is 1. The summed E-state index contributed by atoms with van der Waals surface area (Å²) in [6.45, 7) is 1.96. The van der Waals surface area contributed by atoms with Crippen molar-refractivity contribution in [2.24, 2.45) is 0 Å². The van der Waals surface area contributed by atoms with Gasteiger partial charge in [0.1, 0.15) is 5.82 Å². The van der Waals surface area contributed by atoms with E-state index < -0.39 is 0 Å². The highest BCUT2D eigenvalue weighted by molar-refractivity contribution is 9.09. The van der Waals surface area contributed by atoms with E-state index in [-0.39, 0.29) is 10.8 Å². The molecule has 0 radical (unpaired) electrons. The first-order chi connectivity index (χ1) is 8.70. The van der Waals surface area contributed by atoms with Crippen molar-refractivity contribution in [1.82, 2.24) is 4.90 Å². The zero-order chi connectivity index (χ0) is 13.0. The normalized spacial score (nSPS) is 16.0. The second-order valence-electron chi connectivity index (χ2n) is 4.85. The van der Waals surface area contributed by atoms with Gasteiger partial charge in [0.25, 0.3) is 0 Å². The SMILES string of the molecule is Fc1ccc(CN(CCCBr)C2CCC2)cc1Cl. The molecule has 1 nitrogen and oxygen atoms in total. The molecule has 1 aliphatic carbocycles. The summed E-state index contributed by atoms with van der Waals surface area (Å²) in [5.74, 6) is -0.337. The van der Waals surface area contributed by atoms with Gasteiger partial charge in [-0.1, -0.05) is 40.0 Å². The topological polar surface area (TPSA) is 3.24 Å². The summed E-state index contributed by atoms with van der Waals surface area (Å²) < 4.78 is 13.1. The van der Waals surface area contributed by atoms with E-state index in [1.165, 1.54) is 25.3 Å². The fourth-order valence-electron chi connectivity index (χ4n) is 2.28. The van der Waals surface area contributed by atoms with Gasteiger partial charge in [-0.15, -0.1) is 0 Å². The fourth-order valence-corrected chi connectivity index (χ4v) is 2.73. The molecule has 4 heteroatoms. The second kappa shape index (κ2) is 6.88. The van der Waals surface area contributed by atoms with E-state index in [4.69, 9.17) is 11.6 Å². The Morgan fingerprint density at radius 1 is 1.39 bits per heavy atom. The molecule has 2 rings (SSSR count). The van der Waals surface area contributed by atoms with E-state index in [2.05, 4.69) is 20.8 Å². The van der Waals surface area contributed by atoms with E-state index >= 15 is 0 Å². The number of alkyl halides is 1. The van der Waals surface area contributed by atoms with Crippen molar-refractivity contribution < 1.29 is 4.39 Å². The molecule has 0 unspecified atom stereocenters. The van der Waals surface area contributed by atoms with E-state index in [0.717, 1.165) is 30.4 Å². The molecule has 0 aliphatic heterocycles. The minimum absolute atomic E-state index is 0.224. The lowest BCUT2D eigenvalue weighted by Gasteiger charge is -2.37. The lowest BCUT2D eigenvalue weighted by Crippen LogP contribution is -2.40. The minimum atomic E-state index is -0.337. The third-order valence-corrected chi connectivity index (χ3v) is 4.39. The van der Waals surface area contributed by atoms with Crippen LogP contribution in [0.4, 0.5) is 4.39 Å². The summed E-state index contributed by atoms with van der Waals surface area (Å²) in [6.07, 6.45) is 5.06. The Morgan fingerprint density at radius 3 is 2.72 bits per heavy atom. The van der Waals surface area contributed by atoms with Gasteiger partial charge < -0.3 is 0 Å². The summed E-state index contributed by atoms with van der Waals surface area (Å²) in [4.78, 5) is 2.49. The highest BCUT2D eigenvalue weighted by atomic mass is 79.9. The summed E-state index contributed by atoms with van der Waals surface area (Å²) >= 11 is 9.30. The molecular weight excluding hydrogens is 317 g/mol. The quantitative estimate of drug-likeness (QED) is 0.686. The van der Waals surface area contributed by atoms with Crippen LogP contribution in [0, 0.1) is 5.82 Å². The largest absolute Gasteiger partial charge is 0.296 e. The molecule has 0 atom stereocenters. The Bertz CT molecular complexity index is 395. The van der Waals surface area contributed by atoms with Gasteiger partial charge >= 0.3 is 0 Å². The van der Waals surface area contributed by atoms with Crippen LogP contribution in [-0.4, -0.2) is 22.8 Å². The molecule has 0 heterocycles. The zero-order valence-electron chi connectivity index (χ0n) is 10.3. The maximum Gasteiger partial charge on any atom is 0.141 e. The number of nitrogens with zero attached hydrogens (tertiary/aromatic N) is 1. The predicted molar refractivity (Wildman–Crippen MR) is 77.9 cm³/mol. The molecule has 1 aromatic rings. The highest BCUT2D eigenvalue weighted by Gasteiger charge is 2.24. The second-order valence-corrected chi connectivity index (χ2v) is 6.05. The van der Waals surface area contributed by atoms with Crippen molar-refractivity contribution in [3.05, 3.63) is 34.6 Å². The lowest BCUT2D eigenvalue weighted by atomic mass is 9.91. The molecule has 1 aliphatic rings. The van der Waals surface area contributed by atoms with Gasteiger partial charge in [-0.05, 0) is 43.5 Å². The van der Waals surface area contributed by atoms with Crippen LogP contribution in [-0.2, 0) is 6.54 Å². The van der Waals surface area contributed by atoms with Crippen LogP contribution in [0.3, 0.4) is 0 Å². The van der Waals surface area contributed by atoms with Gasteiger partial charge in [0.05, 0.1) is 5.02 Å². The average Bonchev–Trinajstić information content (AvgIpc) is 2.28.